The number of carbonyl (C=O) groups excluding carboxylic acids is 4. The number of aliphatic hydroxyl groups is 5. The summed E-state index contributed by atoms with van der Waals surface area (Å²) in [5.41, 5.74) is -10.7. The largest absolute Gasteiger partial charge is 0.394 e. The van der Waals surface area contributed by atoms with Crippen LogP contribution in [0.25, 0.3) is 0 Å². The predicted molar refractivity (Wildman–Crippen MR) is 74.5 cm³/mol. The van der Waals surface area contributed by atoms with Gasteiger partial charge in [0.05, 0.1) is 6.61 Å². The lowest BCUT2D eigenvalue weighted by Gasteiger charge is -2.59. The number of carbonyl (C=O) groups is 4. The van der Waals surface area contributed by atoms with Gasteiger partial charge in [0.15, 0.2) is 28.7 Å². The third-order valence-corrected chi connectivity index (χ3v) is 4.54. The first-order chi connectivity index (χ1) is 10.7. The molecule has 1 aliphatic heterocycles. The maximum Gasteiger partial charge on any atom is 0.267 e. The molecule has 1 fully saturated rings. The van der Waals surface area contributed by atoms with Gasteiger partial charge in [0.2, 0.25) is 11.2 Å². The number of Topliss-reactive ketones (excluding diaryl/α,β-unsaturated/α-hetero) is 4. The lowest BCUT2D eigenvalue weighted by atomic mass is 9.57. The Morgan fingerprint density at radius 3 is 1.46 bits per heavy atom. The number of ketones is 4. The fourth-order valence-electron chi connectivity index (χ4n) is 3.14. The van der Waals surface area contributed by atoms with Gasteiger partial charge in [-0.05, 0) is 20.8 Å². The molecule has 0 aromatic rings. The van der Waals surface area contributed by atoms with Crippen LogP contribution in [0.1, 0.15) is 27.7 Å². The summed E-state index contributed by atoms with van der Waals surface area (Å²) in [6.07, 6.45) is -2.18. The molecule has 1 saturated heterocycles. The monoisotopic (exact) mass is 348 g/mol. The Morgan fingerprint density at radius 1 is 0.792 bits per heavy atom. The highest BCUT2D eigenvalue weighted by molar-refractivity contribution is 6.08. The van der Waals surface area contributed by atoms with Crippen LogP contribution in [0, 0.1) is 0 Å². The van der Waals surface area contributed by atoms with E-state index in [4.69, 9.17) is 4.74 Å². The van der Waals surface area contributed by atoms with Crippen molar-refractivity contribution >= 4 is 23.1 Å². The van der Waals surface area contributed by atoms with E-state index in [1.807, 2.05) is 0 Å². The summed E-state index contributed by atoms with van der Waals surface area (Å²) in [7, 11) is 0. The van der Waals surface area contributed by atoms with E-state index < -0.39 is 58.4 Å². The van der Waals surface area contributed by atoms with Gasteiger partial charge in [-0.2, -0.15) is 0 Å². The highest BCUT2D eigenvalue weighted by Crippen LogP contribution is 2.50. The molecule has 5 atom stereocenters. The summed E-state index contributed by atoms with van der Waals surface area (Å²) in [5.74, 6) is -9.25. The quantitative estimate of drug-likeness (QED) is 0.336. The van der Waals surface area contributed by atoms with Crippen LogP contribution >= 0.6 is 0 Å². The summed E-state index contributed by atoms with van der Waals surface area (Å²) >= 11 is 0. The van der Waals surface area contributed by atoms with E-state index in [2.05, 4.69) is 0 Å². The Hall–Kier alpha value is -1.56. The minimum atomic E-state index is -3.70. The van der Waals surface area contributed by atoms with E-state index in [1.165, 1.54) is 0 Å². The molecule has 0 unspecified atom stereocenters. The van der Waals surface area contributed by atoms with E-state index in [0.29, 0.717) is 27.7 Å². The van der Waals surface area contributed by atoms with Crippen LogP contribution in [0.4, 0.5) is 0 Å². The second-order valence-electron chi connectivity index (χ2n) is 5.85. The molecular formula is C14H20O10. The molecule has 10 nitrogen and oxygen atoms in total. The average molecular weight is 348 g/mol. The molecule has 136 valence electrons. The highest BCUT2D eigenvalue weighted by atomic mass is 16.7. The van der Waals surface area contributed by atoms with Gasteiger partial charge in [-0.3, -0.25) is 19.2 Å². The SMILES string of the molecule is CC(=O)[C@@]1(O)[C@@](O)(C(C)=O)[C@](O)(C(C)=O)O[C@H](CO)[C@]1(O)C(C)=O. The molecule has 0 radical (unpaired) electrons. The van der Waals surface area contributed by atoms with Crippen LogP contribution in [0.2, 0.25) is 0 Å². The van der Waals surface area contributed by atoms with Crippen LogP contribution < -0.4 is 0 Å². The third kappa shape index (κ3) is 1.98. The number of hydrogen-bond acceptors (Lipinski definition) is 10. The molecule has 24 heavy (non-hydrogen) atoms. The summed E-state index contributed by atoms with van der Waals surface area (Å²) in [5, 5.41) is 52.0. The van der Waals surface area contributed by atoms with E-state index in [1.54, 1.807) is 0 Å². The van der Waals surface area contributed by atoms with Crippen LogP contribution in [-0.2, 0) is 23.9 Å². The van der Waals surface area contributed by atoms with Gasteiger partial charge < -0.3 is 30.3 Å². The first kappa shape index (κ1) is 20.5. The van der Waals surface area contributed by atoms with Gasteiger partial charge >= 0.3 is 0 Å². The highest BCUT2D eigenvalue weighted by Gasteiger charge is 2.83. The second-order valence-corrected chi connectivity index (χ2v) is 5.85. The second kappa shape index (κ2) is 5.76. The van der Waals surface area contributed by atoms with Crippen molar-refractivity contribution in [2.24, 2.45) is 0 Å². The summed E-state index contributed by atoms with van der Waals surface area (Å²) in [6, 6.07) is 0. The standard InChI is InChI=1S/C14H20O10/c1-6(16)11(20)10(5-15)24-14(23,9(4)19)13(22,8(3)18)12(11,21)7(2)17/h10,15,20-23H,5H2,1-4H3/t10-,11-,12+,13+,14+/m1/s1. The zero-order valence-electron chi connectivity index (χ0n) is 13.6. The van der Waals surface area contributed by atoms with E-state index in [-0.39, 0.29) is 0 Å². The molecule has 0 saturated carbocycles. The molecule has 0 bridgehead atoms. The Morgan fingerprint density at radius 2 is 1.21 bits per heavy atom. The first-order valence-electron chi connectivity index (χ1n) is 6.91. The smallest absolute Gasteiger partial charge is 0.267 e. The molecule has 0 amide bonds. The van der Waals surface area contributed by atoms with Crippen LogP contribution in [0.15, 0.2) is 0 Å². The fourth-order valence-corrected chi connectivity index (χ4v) is 3.14. The fraction of sp³-hybridized carbons (Fsp3) is 0.714. The molecule has 1 rings (SSSR count). The maximum absolute atomic E-state index is 12.1. The zero-order valence-corrected chi connectivity index (χ0v) is 13.6. The zero-order chi connectivity index (χ0) is 19.3. The van der Waals surface area contributed by atoms with Crippen molar-refractivity contribution in [2.45, 2.75) is 56.4 Å². The molecule has 0 aromatic carbocycles. The van der Waals surface area contributed by atoms with Gasteiger partial charge in [0.25, 0.3) is 5.79 Å². The summed E-state index contributed by atoms with van der Waals surface area (Å²) in [4.78, 5) is 47.9. The molecule has 0 spiro atoms. The summed E-state index contributed by atoms with van der Waals surface area (Å²) < 4.78 is 4.79. The van der Waals surface area contributed by atoms with E-state index in [9.17, 15) is 44.7 Å². The molecule has 1 heterocycles. The van der Waals surface area contributed by atoms with Crippen molar-refractivity contribution in [1.82, 2.24) is 0 Å². The molecule has 10 heteroatoms. The molecule has 1 aliphatic rings. The maximum atomic E-state index is 12.1. The number of aliphatic hydroxyl groups excluding tert-OH is 1. The van der Waals surface area contributed by atoms with Gasteiger partial charge in [0, 0.05) is 6.92 Å². The number of ether oxygens (including phenoxy) is 1. The average Bonchev–Trinajstić information content (AvgIpc) is 2.47. The Labute approximate surface area is 136 Å². The normalized spacial score (nSPS) is 42.5. The van der Waals surface area contributed by atoms with Gasteiger partial charge in [-0.1, -0.05) is 0 Å². The number of hydrogen-bond donors (Lipinski definition) is 5. The Balaban J connectivity index is 4.05. The predicted octanol–water partition coefficient (Wildman–Crippen LogP) is -3.38. The van der Waals surface area contributed by atoms with Crippen molar-refractivity contribution in [1.29, 1.82) is 0 Å². The van der Waals surface area contributed by atoms with E-state index in [0.717, 1.165) is 0 Å². The lowest BCUT2D eigenvalue weighted by Crippen LogP contribution is -2.90. The molecule has 0 aliphatic carbocycles. The van der Waals surface area contributed by atoms with Crippen molar-refractivity contribution in [3.8, 4) is 0 Å². The summed E-state index contributed by atoms with van der Waals surface area (Å²) in [6.45, 7) is 1.40. The Bertz CT molecular complexity index is 615. The van der Waals surface area contributed by atoms with Gasteiger partial charge in [-0.25, -0.2) is 0 Å². The Kier molecular flexibility index (Phi) is 4.92. The number of rotatable bonds is 5. The van der Waals surface area contributed by atoms with Crippen molar-refractivity contribution < 1.29 is 49.4 Å². The topological polar surface area (TPSA) is 179 Å². The molecule has 0 aromatic heterocycles. The van der Waals surface area contributed by atoms with Crippen LogP contribution in [0.3, 0.4) is 0 Å². The van der Waals surface area contributed by atoms with Crippen molar-refractivity contribution in [2.75, 3.05) is 6.61 Å². The third-order valence-electron chi connectivity index (χ3n) is 4.54. The lowest BCUT2D eigenvalue weighted by molar-refractivity contribution is -0.390. The van der Waals surface area contributed by atoms with Crippen LogP contribution in [-0.4, -0.2) is 84.0 Å². The molecule has 5 N–H and O–H groups in total. The van der Waals surface area contributed by atoms with Crippen molar-refractivity contribution in [3.63, 3.8) is 0 Å². The first-order valence-corrected chi connectivity index (χ1v) is 6.91. The van der Waals surface area contributed by atoms with Crippen LogP contribution in [0.5, 0.6) is 0 Å². The van der Waals surface area contributed by atoms with Gasteiger partial charge in [-0.15, -0.1) is 0 Å². The minimum Gasteiger partial charge on any atom is -0.394 e. The minimum absolute atomic E-state index is 0.616. The molecular weight excluding hydrogens is 328 g/mol. The van der Waals surface area contributed by atoms with Gasteiger partial charge in [0.1, 0.15) is 6.10 Å². The van der Waals surface area contributed by atoms with Crippen molar-refractivity contribution in [3.05, 3.63) is 0 Å². The van der Waals surface area contributed by atoms with E-state index >= 15 is 0 Å².